The van der Waals surface area contributed by atoms with Crippen molar-refractivity contribution < 1.29 is 22.0 Å². The molecule has 0 radical (unpaired) electrons. The lowest BCUT2D eigenvalue weighted by Crippen LogP contribution is -2.25. The van der Waals surface area contributed by atoms with Crippen LogP contribution in [0.2, 0.25) is 0 Å². The Bertz CT molecular complexity index is 375. The number of hydrogen-bond donors (Lipinski definition) is 1. The normalized spacial score (nSPS) is 13.8. The number of nitrogens with two attached hydrogens (primary N) is 1. The van der Waals surface area contributed by atoms with Gasteiger partial charge >= 0.3 is 6.18 Å². The molecule has 1 rings (SSSR count). The van der Waals surface area contributed by atoms with Crippen LogP contribution in [0.15, 0.2) is 18.2 Å². The van der Waals surface area contributed by atoms with Gasteiger partial charge in [0, 0.05) is 12.5 Å². The minimum atomic E-state index is -4.28. The van der Waals surface area contributed by atoms with Crippen LogP contribution < -0.4 is 5.73 Å². The fourth-order valence-electron chi connectivity index (χ4n) is 1.43. The molecule has 0 spiro atoms. The summed E-state index contributed by atoms with van der Waals surface area (Å²) >= 11 is 0. The van der Waals surface area contributed by atoms with Crippen LogP contribution >= 0.6 is 0 Å². The van der Waals surface area contributed by atoms with E-state index >= 15 is 0 Å². The van der Waals surface area contributed by atoms with Gasteiger partial charge in [-0.2, -0.15) is 13.2 Å². The SMILES string of the molecule is NC(CCC(F)(F)F)Cc1cc(F)ccc1F. The first-order valence-corrected chi connectivity index (χ1v) is 5.04. The summed E-state index contributed by atoms with van der Waals surface area (Å²) in [6.45, 7) is 0. The zero-order valence-corrected chi connectivity index (χ0v) is 8.90. The Labute approximate surface area is 95.4 Å². The summed E-state index contributed by atoms with van der Waals surface area (Å²) in [6.07, 6.45) is -5.72. The Morgan fingerprint density at radius 3 is 2.41 bits per heavy atom. The van der Waals surface area contributed by atoms with E-state index in [1.165, 1.54) is 0 Å². The minimum absolute atomic E-state index is 0.000301. The summed E-state index contributed by atoms with van der Waals surface area (Å²) in [4.78, 5) is 0. The molecule has 0 aliphatic carbocycles. The van der Waals surface area contributed by atoms with E-state index < -0.39 is 30.3 Å². The lowest BCUT2D eigenvalue weighted by molar-refractivity contribution is -0.136. The maximum absolute atomic E-state index is 13.2. The van der Waals surface area contributed by atoms with Gasteiger partial charge in [0.1, 0.15) is 11.6 Å². The van der Waals surface area contributed by atoms with Crippen molar-refractivity contribution in [2.45, 2.75) is 31.5 Å². The molecule has 1 nitrogen and oxygen atoms in total. The molecule has 1 atom stereocenters. The topological polar surface area (TPSA) is 26.0 Å². The van der Waals surface area contributed by atoms with E-state index in [0.29, 0.717) is 0 Å². The number of hydrogen-bond acceptors (Lipinski definition) is 1. The first kappa shape index (κ1) is 13.9. The van der Waals surface area contributed by atoms with Crippen LogP contribution in [0.1, 0.15) is 18.4 Å². The first-order valence-electron chi connectivity index (χ1n) is 5.04. The van der Waals surface area contributed by atoms with Crippen molar-refractivity contribution in [2.75, 3.05) is 0 Å². The van der Waals surface area contributed by atoms with E-state index in [4.69, 9.17) is 5.73 Å². The minimum Gasteiger partial charge on any atom is -0.327 e. The highest BCUT2D eigenvalue weighted by atomic mass is 19.4. The van der Waals surface area contributed by atoms with Crippen molar-refractivity contribution in [3.8, 4) is 0 Å². The average molecular weight is 253 g/mol. The van der Waals surface area contributed by atoms with E-state index in [1.807, 2.05) is 0 Å². The lowest BCUT2D eigenvalue weighted by Gasteiger charge is -2.13. The number of rotatable bonds is 4. The highest BCUT2D eigenvalue weighted by molar-refractivity contribution is 5.19. The van der Waals surface area contributed by atoms with Gasteiger partial charge in [-0.05, 0) is 36.6 Å². The highest BCUT2D eigenvalue weighted by Gasteiger charge is 2.27. The molecule has 0 fully saturated rings. The first-order chi connectivity index (χ1) is 7.78. The molecule has 1 aromatic rings. The zero-order chi connectivity index (χ0) is 13.1. The summed E-state index contributed by atoms with van der Waals surface area (Å²) in [5.41, 5.74) is 5.44. The van der Waals surface area contributed by atoms with Gasteiger partial charge in [-0.15, -0.1) is 0 Å². The van der Waals surface area contributed by atoms with Gasteiger partial charge in [0.15, 0.2) is 0 Å². The molecule has 6 heteroatoms. The standard InChI is InChI=1S/C11H12F5N/c12-8-1-2-10(13)7(5-8)6-9(17)3-4-11(14,15)16/h1-2,5,9H,3-4,6,17H2. The highest BCUT2D eigenvalue weighted by Crippen LogP contribution is 2.23. The number of alkyl halides is 3. The van der Waals surface area contributed by atoms with Crippen molar-refractivity contribution in [3.05, 3.63) is 35.4 Å². The van der Waals surface area contributed by atoms with Crippen LogP contribution in [0.3, 0.4) is 0 Å². The predicted octanol–water partition coefficient (Wildman–Crippen LogP) is 3.18. The lowest BCUT2D eigenvalue weighted by atomic mass is 10.0. The predicted molar refractivity (Wildman–Crippen MR) is 53.3 cm³/mol. The molecule has 0 aliphatic heterocycles. The monoisotopic (exact) mass is 253 g/mol. The molecule has 0 aromatic heterocycles. The second kappa shape index (κ2) is 5.44. The fraction of sp³-hybridized carbons (Fsp3) is 0.455. The van der Waals surface area contributed by atoms with E-state index in [9.17, 15) is 22.0 Å². The van der Waals surface area contributed by atoms with Crippen LogP contribution in [0.4, 0.5) is 22.0 Å². The number of benzene rings is 1. The molecule has 0 amide bonds. The zero-order valence-electron chi connectivity index (χ0n) is 8.90. The Morgan fingerprint density at radius 1 is 1.18 bits per heavy atom. The Morgan fingerprint density at radius 2 is 1.82 bits per heavy atom. The van der Waals surface area contributed by atoms with Crippen molar-refractivity contribution in [1.82, 2.24) is 0 Å². The average Bonchev–Trinajstić information content (AvgIpc) is 2.20. The number of halogens is 5. The van der Waals surface area contributed by atoms with Crippen LogP contribution in [-0.2, 0) is 6.42 Å². The van der Waals surface area contributed by atoms with Crippen molar-refractivity contribution in [1.29, 1.82) is 0 Å². The summed E-state index contributed by atoms with van der Waals surface area (Å²) in [6, 6.07) is 1.98. The van der Waals surface area contributed by atoms with Gasteiger partial charge in [-0.1, -0.05) is 0 Å². The molecule has 0 aliphatic rings. The Hall–Kier alpha value is -1.17. The second-order valence-corrected chi connectivity index (χ2v) is 3.85. The van der Waals surface area contributed by atoms with Crippen LogP contribution in [-0.4, -0.2) is 12.2 Å². The van der Waals surface area contributed by atoms with Crippen LogP contribution in [0.5, 0.6) is 0 Å². The molecular weight excluding hydrogens is 241 g/mol. The molecule has 1 unspecified atom stereocenters. The fourth-order valence-corrected chi connectivity index (χ4v) is 1.43. The third-order valence-electron chi connectivity index (χ3n) is 2.29. The third-order valence-corrected chi connectivity index (χ3v) is 2.29. The van der Waals surface area contributed by atoms with E-state index in [-0.39, 0.29) is 18.4 Å². The van der Waals surface area contributed by atoms with Crippen molar-refractivity contribution in [3.63, 3.8) is 0 Å². The van der Waals surface area contributed by atoms with Gasteiger partial charge in [-0.25, -0.2) is 8.78 Å². The van der Waals surface area contributed by atoms with E-state index in [0.717, 1.165) is 18.2 Å². The molecule has 0 saturated heterocycles. The summed E-state index contributed by atoms with van der Waals surface area (Å²) in [5.74, 6) is -1.29. The van der Waals surface area contributed by atoms with Gasteiger partial charge in [0.2, 0.25) is 0 Å². The van der Waals surface area contributed by atoms with Crippen LogP contribution in [0.25, 0.3) is 0 Å². The molecule has 1 aromatic carbocycles. The maximum Gasteiger partial charge on any atom is 0.389 e. The van der Waals surface area contributed by atoms with Gasteiger partial charge in [0.25, 0.3) is 0 Å². The third kappa shape index (κ3) is 5.12. The molecule has 0 bridgehead atoms. The van der Waals surface area contributed by atoms with Crippen molar-refractivity contribution >= 4 is 0 Å². The van der Waals surface area contributed by atoms with Gasteiger partial charge < -0.3 is 5.73 Å². The molecule has 0 saturated carbocycles. The van der Waals surface area contributed by atoms with E-state index in [1.54, 1.807) is 0 Å². The molecular formula is C11H12F5N. The van der Waals surface area contributed by atoms with Gasteiger partial charge in [-0.3, -0.25) is 0 Å². The molecule has 17 heavy (non-hydrogen) atoms. The van der Waals surface area contributed by atoms with Gasteiger partial charge in [0.05, 0.1) is 0 Å². The van der Waals surface area contributed by atoms with Crippen LogP contribution in [0, 0.1) is 11.6 Å². The second-order valence-electron chi connectivity index (χ2n) is 3.85. The largest absolute Gasteiger partial charge is 0.389 e. The molecule has 2 N–H and O–H groups in total. The van der Waals surface area contributed by atoms with Crippen molar-refractivity contribution in [2.24, 2.45) is 5.73 Å². The quantitative estimate of drug-likeness (QED) is 0.819. The summed E-state index contributed by atoms with van der Waals surface area (Å²) < 4.78 is 61.7. The molecule has 96 valence electrons. The van der Waals surface area contributed by atoms with E-state index in [2.05, 4.69) is 0 Å². The smallest absolute Gasteiger partial charge is 0.327 e. The Balaban J connectivity index is 2.56. The Kier molecular flexibility index (Phi) is 4.45. The molecule has 0 heterocycles. The summed E-state index contributed by atoms with van der Waals surface area (Å²) in [7, 11) is 0. The maximum atomic E-state index is 13.2. The summed E-state index contributed by atoms with van der Waals surface area (Å²) in [5, 5.41) is 0.